The zero-order valence-corrected chi connectivity index (χ0v) is 21.4. The molecule has 0 N–H and O–H groups in total. The Bertz CT molecular complexity index is 892. The Labute approximate surface area is 203 Å². The number of benzene rings is 2. The second-order valence-corrected chi connectivity index (χ2v) is 8.44. The maximum atomic E-state index is 12.1. The molecule has 0 aliphatic heterocycles. The summed E-state index contributed by atoms with van der Waals surface area (Å²) in [4.78, 5) is 12.1. The van der Waals surface area contributed by atoms with Crippen LogP contribution in [0.3, 0.4) is 0 Å². The molecule has 0 aromatic heterocycles. The minimum absolute atomic E-state index is 0.199. The van der Waals surface area contributed by atoms with E-state index in [4.69, 9.17) is 28.4 Å². The molecule has 0 radical (unpaired) electrons. The van der Waals surface area contributed by atoms with E-state index in [1.807, 2.05) is 77.1 Å². The van der Waals surface area contributed by atoms with Gasteiger partial charge in [0.05, 0.1) is 19.6 Å². The van der Waals surface area contributed by atoms with Gasteiger partial charge < -0.3 is 28.4 Å². The highest BCUT2D eigenvalue weighted by molar-refractivity contribution is 5.75. The zero-order chi connectivity index (χ0) is 25.1. The van der Waals surface area contributed by atoms with Gasteiger partial charge in [-0.2, -0.15) is 0 Å². The monoisotopic (exact) mass is 474 g/mol. The van der Waals surface area contributed by atoms with Crippen LogP contribution in [0.15, 0.2) is 42.5 Å². The maximum Gasteiger partial charge on any atom is 0.311 e. The van der Waals surface area contributed by atoms with Crippen LogP contribution in [-0.4, -0.2) is 46.3 Å². The van der Waals surface area contributed by atoms with Crippen LogP contribution in [0.1, 0.15) is 58.3 Å². The van der Waals surface area contributed by atoms with E-state index in [2.05, 4.69) is 0 Å². The molecule has 0 fully saturated rings. The molecule has 2 unspecified atom stereocenters. The first-order valence-corrected chi connectivity index (χ1v) is 11.6. The van der Waals surface area contributed by atoms with E-state index in [1.165, 1.54) is 0 Å². The first kappa shape index (κ1) is 27.5. The Balaban J connectivity index is 2.13. The molecule has 0 saturated carbocycles. The number of methoxy groups -OCH3 is 2. The normalized spacial score (nSPS) is 13.1. The molecule has 2 rings (SSSR count). The number of carbonyl (C=O) groups is 1. The molecule has 7 nitrogen and oxygen atoms in total. The molecular formula is C27H38O7. The van der Waals surface area contributed by atoms with Gasteiger partial charge in [0.25, 0.3) is 0 Å². The quantitative estimate of drug-likeness (QED) is 0.202. The Kier molecular flexibility index (Phi) is 10.7. The summed E-state index contributed by atoms with van der Waals surface area (Å²) in [5, 5.41) is 0. The van der Waals surface area contributed by atoms with Crippen molar-refractivity contribution in [2.24, 2.45) is 5.41 Å². The molecular weight excluding hydrogens is 436 g/mol. The smallest absolute Gasteiger partial charge is 0.311 e. The summed E-state index contributed by atoms with van der Waals surface area (Å²) in [5.74, 6) is 1.81. The molecule has 2 atom stereocenters. The van der Waals surface area contributed by atoms with Gasteiger partial charge in [0, 0.05) is 18.2 Å². The molecule has 7 heteroatoms. The number of hydrogen-bond donors (Lipinski definition) is 0. The van der Waals surface area contributed by atoms with Gasteiger partial charge in [-0.25, -0.2) is 0 Å². The van der Waals surface area contributed by atoms with E-state index in [1.54, 1.807) is 14.2 Å². The fourth-order valence-electron chi connectivity index (χ4n) is 3.20. The highest BCUT2D eigenvalue weighted by atomic mass is 16.7. The van der Waals surface area contributed by atoms with Crippen molar-refractivity contribution in [1.82, 2.24) is 0 Å². The van der Waals surface area contributed by atoms with E-state index < -0.39 is 17.8 Å². The summed E-state index contributed by atoms with van der Waals surface area (Å²) < 4.78 is 33.9. The minimum Gasteiger partial charge on any atom is -0.497 e. The van der Waals surface area contributed by atoms with Crippen LogP contribution in [0.5, 0.6) is 17.2 Å². The predicted octanol–water partition coefficient (Wildman–Crippen LogP) is 5.55. The highest BCUT2D eigenvalue weighted by Crippen LogP contribution is 2.36. The first-order valence-electron chi connectivity index (χ1n) is 11.6. The van der Waals surface area contributed by atoms with Crippen LogP contribution in [0, 0.1) is 5.41 Å². The van der Waals surface area contributed by atoms with Gasteiger partial charge in [0.15, 0.2) is 6.29 Å². The van der Waals surface area contributed by atoms with Crippen LogP contribution in [0.2, 0.25) is 0 Å². The molecule has 0 spiro atoms. The largest absolute Gasteiger partial charge is 0.497 e. The standard InChI is InChI=1S/C27H38O7/c1-8-27(4,5)26(28)33-17-16-32-21-12-10-20(11-13-21)25(34-19(3)31-9-2)23-15-14-22(29-6)18-24(23)30-7/h10-15,18-19,25H,8-9,16-17H2,1-7H3. The summed E-state index contributed by atoms with van der Waals surface area (Å²) >= 11 is 0. The Morgan fingerprint density at radius 3 is 2.21 bits per heavy atom. The van der Waals surface area contributed by atoms with Crippen LogP contribution >= 0.6 is 0 Å². The van der Waals surface area contributed by atoms with Crippen molar-refractivity contribution in [3.05, 3.63) is 53.6 Å². The van der Waals surface area contributed by atoms with Crippen molar-refractivity contribution in [3.8, 4) is 17.2 Å². The van der Waals surface area contributed by atoms with E-state index in [9.17, 15) is 4.79 Å². The second kappa shape index (κ2) is 13.2. The third-order valence-corrected chi connectivity index (χ3v) is 5.66. The molecule has 2 aromatic carbocycles. The van der Waals surface area contributed by atoms with Gasteiger partial charge in [0.2, 0.25) is 0 Å². The van der Waals surface area contributed by atoms with Gasteiger partial charge in [0.1, 0.15) is 36.6 Å². The van der Waals surface area contributed by atoms with Crippen molar-refractivity contribution in [3.63, 3.8) is 0 Å². The van der Waals surface area contributed by atoms with E-state index in [0.29, 0.717) is 23.9 Å². The number of esters is 1. The number of carbonyl (C=O) groups excluding carboxylic acids is 1. The summed E-state index contributed by atoms with van der Waals surface area (Å²) in [7, 11) is 3.23. The van der Waals surface area contributed by atoms with Crippen LogP contribution < -0.4 is 14.2 Å². The molecule has 0 bridgehead atoms. The molecule has 0 amide bonds. The second-order valence-electron chi connectivity index (χ2n) is 8.44. The Morgan fingerprint density at radius 1 is 0.941 bits per heavy atom. The Morgan fingerprint density at radius 2 is 1.62 bits per heavy atom. The molecule has 0 saturated heterocycles. The van der Waals surface area contributed by atoms with Crippen molar-refractivity contribution in [2.75, 3.05) is 34.0 Å². The maximum absolute atomic E-state index is 12.1. The highest BCUT2D eigenvalue weighted by Gasteiger charge is 2.27. The van der Waals surface area contributed by atoms with Gasteiger partial charge in [-0.1, -0.05) is 19.1 Å². The molecule has 188 valence electrons. The summed E-state index contributed by atoms with van der Waals surface area (Å²) in [5.41, 5.74) is 1.28. The molecule has 0 aliphatic rings. The topological polar surface area (TPSA) is 72.5 Å². The predicted molar refractivity (Wildman–Crippen MR) is 131 cm³/mol. The van der Waals surface area contributed by atoms with Crippen LogP contribution in [-0.2, 0) is 19.0 Å². The summed E-state index contributed by atoms with van der Waals surface area (Å²) in [6.07, 6.45) is -0.119. The first-order chi connectivity index (χ1) is 16.2. The zero-order valence-electron chi connectivity index (χ0n) is 21.4. The number of rotatable bonds is 14. The summed E-state index contributed by atoms with van der Waals surface area (Å²) in [6, 6.07) is 13.2. The fourth-order valence-corrected chi connectivity index (χ4v) is 3.20. The van der Waals surface area contributed by atoms with E-state index >= 15 is 0 Å². The van der Waals surface area contributed by atoms with Gasteiger partial charge in [-0.05, 0) is 63.9 Å². The van der Waals surface area contributed by atoms with Crippen LogP contribution in [0.4, 0.5) is 0 Å². The van der Waals surface area contributed by atoms with Crippen molar-refractivity contribution in [2.45, 2.75) is 53.4 Å². The lowest BCUT2D eigenvalue weighted by Crippen LogP contribution is -2.27. The van der Waals surface area contributed by atoms with Gasteiger partial charge in [-0.15, -0.1) is 0 Å². The number of ether oxygens (including phenoxy) is 6. The van der Waals surface area contributed by atoms with Crippen molar-refractivity contribution < 1.29 is 33.2 Å². The third-order valence-electron chi connectivity index (χ3n) is 5.66. The van der Waals surface area contributed by atoms with Gasteiger partial charge in [-0.3, -0.25) is 4.79 Å². The van der Waals surface area contributed by atoms with E-state index in [-0.39, 0.29) is 19.2 Å². The number of hydrogen-bond acceptors (Lipinski definition) is 7. The Hall–Kier alpha value is -2.77. The lowest BCUT2D eigenvalue weighted by atomic mass is 9.91. The van der Waals surface area contributed by atoms with Crippen LogP contribution in [0.25, 0.3) is 0 Å². The average Bonchev–Trinajstić information content (AvgIpc) is 2.85. The molecule has 2 aromatic rings. The molecule has 0 aliphatic carbocycles. The summed E-state index contributed by atoms with van der Waals surface area (Å²) in [6.45, 7) is 10.5. The lowest BCUT2D eigenvalue weighted by molar-refractivity contribution is -0.154. The van der Waals surface area contributed by atoms with Gasteiger partial charge >= 0.3 is 5.97 Å². The van der Waals surface area contributed by atoms with Crippen molar-refractivity contribution in [1.29, 1.82) is 0 Å². The molecule has 34 heavy (non-hydrogen) atoms. The SMILES string of the molecule is CCOC(C)OC(c1ccc(OCCOC(=O)C(C)(C)CC)cc1)c1ccc(OC)cc1OC. The van der Waals surface area contributed by atoms with E-state index in [0.717, 1.165) is 17.5 Å². The third kappa shape index (κ3) is 7.64. The van der Waals surface area contributed by atoms with Crippen molar-refractivity contribution >= 4 is 5.97 Å². The average molecular weight is 475 g/mol. The lowest BCUT2D eigenvalue weighted by Gasteiger charge is -2.25. The fraction of sp³-hybridized carbons (Fsp3) is 0.519. The molecule has 0 heterocycles. The minimum atomic E-state index is -0.488.